The minimum Gasteiger partial charge on any atom is -0.486 e. The molecule has 2 aromatic carbocycles. The first-order valence-corrected chi connectivity index (χ1v) is 8.45. The van der Waals surface area contributed by atoms with Crippen LogP contribution >= 0.6 is 15.9 Å². The SMILES string of the molecule is CC(=O)c1cc(Br)ccc1OCC(=O)Nc1ccc2c(c1)OCCO2. The number of benzene rings is 2. The van der Waals surface area contributed by atoms with Gasteiger partial charge in [0.15, 0.2) is 23.9 Å². The van der Waals surface area contributed by atoms with Crippen LogP contribution < -0.4 is 19.5 Å². The maximum Gasteiger partial charge on any atom is 0.262 e. The number of hydrogen-bond donors (Lipinski definition) is 1. The summed E-state index contributed by atoms with van der Waals surface area (Å²) in [5.41, 5.74) is 1.00. The lowest BCUT2D eigenvalue weighted by Gasteiger charge is -2.19. The lowest BCUT2D eigenvalue weighted by atomic mass is 10.1. The molecular formula is C18H16BrNO5. The lowest BCUT2D eigenvalue weighted by Crippen LogP contribution is -2.21. The molecule has 6 nitrogen and oxygen atoms in total. The molecule has 0 aromatic heterocycles. The first-order valence-electron chi connectivity index (χ1n) is 7.66. The van der Waals surface area contributed by atoms with Gasteiger partial charge >= 0.3 is 0 Å². The van der Waals surface area contributed by atoms with Crippen LogP contribution in [0.25, 0.3) is 0 Å². The third kappa shape index (κ3) is 4.30. The quantitative estimate of drug-likeness (QED) is 0.771. The van der Waals surface area contributed by atoms with Gasteiger partial charge in [0, 0.05) is 16.2 Å². The fraction of sp³-hybridized carbons (Fsp3) is 0.222. The van der Waals surface area contributed by atoms with E-state index >= 15 is 0 Å². The first-order chi connectivity index (χ1) is 12.0. The van der Waals surface area contributed by atoms with Gasteiger partial charge in [0.2, 0.25) is 0 Å². The largest absolute Gasteiger partial charge is 0.486 e. The summed E-state index contributed by atoms with van der Waals surface area (Å²) in [5.74, 6) is 1.14. The molecule has 130 valence electrons. The van der Waals surface area contributed by atoms with Crippen molar-refractivity contribution >= 4 is 33.3 Å². The van der Waals surface area contributed by atoms with E-state index in [0.29, 0.717) is 41.7 Å². The molecule has 1 aliphatic heterocycles. The zero-order chi connectivity index (χ0) is 17.8. The average Bonchev–Trinajstić information content (AvgIpc) is 2.60. The predicted molar refractivity (Wildman–Crippen MR) is 95.7 cm³/mol. The summed E-state index contributed by atoms with van der Waals surface area (Å²) in [6, 6.07) is 10.2. The number of carbonyl (C=O) groups excluding carboxylic acids is 2. The second kappa shape index (κ2) is 7.57. The van der Waals surface area contributed by atoms with E-state index in [1.165, 1.54) is 6.92 Å². The smallest absolute Gasteiger partial charge is 0.262 e. The van der Waals surface area contributed by atoms with E-state index in [2.05, 4.69) is 21.2 Å². The van der Waals surface area contributed by atoms with Gasteiger partial charge in [-0.2, -0.15) is 0 Å². The number of amides is 1. The lowest BCUT2D eigenvalue weighted by molar-refractivity contribution is -0.118. The summed E-state index contributed by atoms with van der Waals surface area (Å²) in [6.07, 6.45) is 0. The van der Waals surface area contributed by atoms with Crippen molar-refractivity contribution in [2.24, 2.45) is 0 Å². The molecule has 0 bridgehead atoms. The molecule has 1 amide bonds. The highest BCUT2D eigenvalue weighted by Gasteiger charge is 2.14. The Labute approximate surface area is 153 Å². The van der Waals surface area contributed by atoms with Crippen molar-refractivity contribution in [3.05, 3.63) is 46.4 Å². The maximum absolute atomic E-state index is 12.1. The predicted octanol–water partition coefficient (Wildman–Crippen LogP) is 3.44. The topological polar surface area (TPSA) is 73.9 Å². The monoisotopic (exact) mass is 405 g/mol. The molecule has 3 rings (SSSR count). The first kappa shape index (κ1) is 17.3. The van der Waals surface area contributed by atoms with E-state index < -0.39 is 0 Å². The highest BCUT2D eigenvalue weighted by atomic mass is 79.9. The van der Waals surface area contributed by atoms with E-state index in [0.717, 1.165) is 4.47 Å². The molecule has 0 radical (unpaired) electrons. The Morgan fingerprint density at radius 2 is 1.88 bits per heavy atom. The summed E-state index contributed by atoms with van der Waals surface area (Å²) in [5, 5.41) is 2.73. The molecular weight excluding hydrogens is 390 g/mol. The summed E-state index contributed by atoms with van der Waals surface area (Å²) >= 11 is 3.31. The average molecular weight is 406 g/mol. The van der Waals surface area contributed by atoms with Gasteiger partial charge in [-0.05, 0) is 37.3 Å². The van der Waals surface area contributed by atoms with E-state index in [1.807, 2.05) is 0 Å². The molecule has 0 saturated heterocycles. The summed E-state index contributed by atoms with van der Waals surface area (Å²) in [7, 11) is 0. The van der Waals surface area contributed by atoms with Gasteiger partial charge in [0.25, 0.3) is 5.91 Å². The van der Waals surface area contributed by atoms with Crippen LogP contribution in [0.15, 0.2) is 40.9 Å². The van der Waals surface area contributed by atoms with Gasteiger partial charge in [0.1, 0.15) is 19.0 Å². The molecule has 1 N–H and O–H groups in total. The molecule has 1 aliphatic rings. The van der Waals surface area contributed by atoms with Gasteiger partial charge in [-0.1, -0.05) is 15.9 Å². The number of halogens is 1. The Bertz CT molecular complexity index is 821. The standard InChI is InChI=1S/C18H16BrNO5/c1-11(21)14-8-12(19)2-4-15(14)25-10-18(22)20-13-3-5-16-17(9-13)24-7-6-23-16/h2-5,8-9H,6-7,10H2,1H3,(H,20,22). The summed E-state index contributed by atoms with van der Waals surface area (Å²) in [6.45, 7) is 2.23. The Hall–Kier alpha value is -2.54. The normalized spacial score (nSPS) is 12.4. The molecule has 0 aliphatic carbocycles. The Balaban J connectivity index is 1.63. The fourth-order valence-corrected chi connectivity index (χ4v) is 2.73. The van der Waals surface area contributed by atoms with Crippen molar-refractivity contribution in [3.8, 4) is 17.2 Å². The van der Waals surface area contributed by atoms with Crippen LogP contribution in [0.3, 0.4) is 0 Å². The molecule has 0 fully saturated rings. The third-order valence-electron chi connectivity index (χ3n) is 3.51. The van der Waals surface area contributed by atoms with Crippen molar-refractivity contribution in [3.63, 3.8) is 0 Å². The molecule has 1 heterocycles. The fourth-order valence-electron chi connectivity index (χ4n) is 2.36. The highest BCUT2D eigenvalue weighted by Crippen LogP contribution is 2.32. The van der Waals surface area contributed by atoms with Gasteiger partial charge in [-0.25, -0.2) is 0 Å². The molecule has 0 unspecified atom stereocenters. The Morgan fingerprint density at radius 3 is 2.64 bits per heavy atom. The molecule has 25 heavy (non-hydrogen) atoms. The van der Waals surface area contributed by atoms with Crippen LogP contribution in [0, 0.1) is 0 Å². The number of hydrogen-bond acceptors (Lipinski definition) is 5. The zero-order valence-electron chi connectivity index (χ0n) is 13.5. The Kier molecular flexibility index (Phi) is 5.23. The minimum atomic E-state index is -0.339. The summed E-state index contributed by atoms with van der Waals surface area (Å²) in [4.78, 5) is 23.8. The number of anilines is 1. The number of ketones is 1. The number of rotatable bonds is 5. The molecule has 0 atom stereocenters. The van der Waals surface area contributed by atoms with Gasteiger partial charge in [-0.3, -0.25) is 9.59 Å². The van der Waals surface area contributed by atoms with E-state index in [1.54, 1.807) is 36.4 Å². The maximum atomic E-state index is 12.1. The van der Waals surface area contributed by atoms with Gasteiger partial charge in [-0.15, -0.1) is 0 Å². The second-order valence-corrected chi connectivity index (χ2v) is 6.31. The molecule has 0 spiro atoms. The third-order valence-corrected chi connectivity index (χ3v) is 4.00. The number of carbonyl (C=O) groups is 2. The number of ether oxygens (including phenoxy) is 3. The van der Waals surface area contributed by atoms with Gasteiger partial charge < -0.3 is 19.5 Å². The van der Waals surface area contributed by atoms with Crippen molar-refractivity contribution < 1.29 is 23.8 Å². The minimum absolute atomic E-state index is 0.136. The Morgan fingerprint density at radius 1 is 1.12 bits per heavy atom. The highest BCUT2D eigenvalue weighted by molar-refractivity contribution is 9.10. The van der Waals surface area contributed by atoms with Crippen molar-refractivity contribution in [1.29, 1.82) is 0 Å². The molecule has 0 saturated carbocycles. The van der Waals surface area contributed by atoms with Crippen LogP contribution in [0.5, 0.6) is 17.2 Å². The van der Waals surface area contributed by atoms with Crippen molar-refractivity contribution in [2.75, 3.05) is 25.1 Å². The van der Waals surface area contributed by atoms with Crippen LogP contribution in [0.2, 0.25) is 0 Å². The van der Waals surface area contributed by atoms with Crippen LogP contribution in [0.4, 0.5) is 5.69 Å². The number of fused-ring (bicyclic) bond motifs is 1. The second-order valence-electron chi connectivity index (χ2n) is 5.39. The zero-order valence-corrected chi connectivity index (χ0v) is 15.1. The van der Waals surface area contributed by atoms with E-state index in [9.17, 15) is 9.59 Å². The van der Waals surface area contributed by atoms with Crippen molar-refractivity contribution in [2.45, 2.75) is 6.92 Å². The van der Waals surface area contributed by atoms with Crippen LogP contribution in [-0.2, 0) is 4.79 Å². The van der Waals surface area contributed by atoms with Crippen molar-refractivity contribution in [1.82, 2.24) is 0 Å². The number of nitrogens with one attached hydrogen (secondary N) is 1. The van der Waals surface area contributed by atoms with Crippen LogP contribution in [0.1, 0.15) is 17.3 Å². The van der Waals surface area contributed by atoms with Crippen LogP contribution in [-0.4, -0.2) is 31.5 Å². The molecule has 7 heteroatoms. The molecule has 2 aromatic rings. The summed E-state index contributed by atoms with van der Waals surface area (Å²) < 4.78 is 17.2. The van der Waals surface area contributed by atoms with Gasteiger partial charge in [0.05, 0.1) is 5.56 Å². The van der Waals surface area contributed by atoms with E-state index in [4.69, 9.17) is 14.2 Å². The van der Waals surface area contributed by atoms with E-state index in [-0.39, 0.29) is 18.3 Å². The number of Topliss-reactive ketones (excluding diaryl/α,β-unsaturated/α-hetero) is 1.